The van der Waals surface area contributed by atoms with E-state index in [1.165, 1.54) is 11.1 Å². The molecular weight excluding hydrogens is 236 g/mol. The number of aryl methyl sites for hydroxylation is 1. The summed E-state index contributed by atoms with van der Waals surface area (Å²) >= 11 is 0. The molecule has 1 fully saturated rings. The number of carbonyl (C=O) groups excluding carboxylic acids is 1. The van der Waals surface area contributed by atoms with Crippen LogP contribution in [0.3, 0.4) is 0 Å². The number of carbonyl (C=O) groups is 1. The van der Waals surface area contributed by atoms with Crippen LogP contribution in [0.2, 0.25) is 0 Å². The molecule has 3 nitrogen and oxygen atoms in total. The first-order valence-corrected chi connectivity index (χ1v) is 7.16. The topological polar surface area (TPSA) is 41.1 Å². The maximum absolute atomic E-state index is 12.5. The molecule has 1 aromatic rings. The Labute approximate surface area is 115 Å². The van der Waals surface area contributed by atoms with Crippen LogP contribution in [0.5, 0.6) is 0 Å². The number of nitrogens with one attached hydrogen (secondary N) is 2. The van der Waals surface area contributed by atoms with E-state index in [1.807, 2.05) is 6.07 Å². The highest BCUT2D eigenvalue weighted by Gasteiger charge is 2.39. The SMILES string of the molecule is CCC1(C(=O)N[C@@H](C)c2cccc(C)c2)CCNC1. The molecule has 1 aliphatic rings. The molecule has 1 saturated heterocycles. The molecule has 104 valence electrons. The average Bonchev–Trinajstić information content (AvgIpc) is 2.88. The van der Waals surface area contributed by atoms with E-state index in [1.54, 1.807) is 0 Å². The summed E-state index contributed by atoms with van der Waals surface area (Å²) in [6.07, 6.45) is 1.84. The molecule has 2 rings (SSSR count). The van der Waals surface area contributed by atoms with Gasteiger partial charge in [0.05, 0.1) is 11.5 Å². The molecule has 0 aromatic heterocycles. The zero-order valence-corrected chi connectivity index (χ0v) is 12.1. The van der Waals surface area contributed by atoms with Crippen molar-refractivity contribution in [3.8, 4) is 0 Å². The van der Waals surface area contributed by atoms with E-state index in [-0.39, 0.29) is 17.4 Å². The normalized spacial score (nSPS) is 24.2. The van der Waals surface area contributed by atoms with Gasteiger partial charge in [-0.2, -0.15) is 0 Å². The Morgan fingerprint density at radius 3 is 2.89 bits per heavy atom. The van der Waals surface area contributed by atoms with Crippen molar-refractivity contribution in [2.75, 3.05) is 13.1 Å². The number of benzene rings is 1. The van der Waals surface area contributed by atoms with Crippen LogP contribution in [0.25, 0.3) is 0 Å². The second-order valence-electron chi connectivity index (χ2n) is 5.67. The molecule has 2 atom stereocenters. The van der Waals surface area contributed by atoms with Crippen LogP contribution in [-0.4, -0.2) is 19.0 Å². The van der Waals surface area contributed by atoms with Gasteiger partial charge in [0.2, 0.25) is 5.91 Å². The lowest BCUT2D eigenvalue weighted by atomic mass is 9.83. The molecule has 1 aromatic carbocycles. The molecule has 1 amide bonds. The van der Waals surface area contributed by atoms with Crippen LogP contribution in [0, 0.1) is 12.3 Å². The molecule has 0 spiro atoms. The Kier molecular flexibility index (Phi) is 4.25. The van der Waals surface area contributed by atoms with Gasteiger partial charge in [-0.05, 0) is 38.8 Å². The minimum atomic E-state index is -0.210. The summed E-state index contributed by atoms with van der Waals surface area (Å²) in [5.74, 6) is 0.189. The zero-order chi connectivity index (χ0) is 13.9. The van der Waals surface area contributed by atoms with Gasteiger partial charge in [-0.25, -0.2) is 0 Å². The van der Waals surface area contributed by atoms with Crippen molar-refractivity contribution >= 4 is 5.91 Å². The molecule has 0 aliphatic carbocycles. The van der Waals surface area contributed by atoms with E-state index >= 15 is 0 Å². The van der Waals surface area contributed by atoms with Gasteiger partial charge in [0, 0.05) is 6.54 Å². The Balaban J connectivity index is 2.06. The molecule has 19 heavy (non-hydrogen) atoms. The maximum atomic E-state index is 12.5. The van der Waals surface area contributed by atoms with Gasteiger partial charge in [-0.15, -0.1) is 0 Å². The summed E-state index contributed by atoms with van der Waals surface area (Å²) in [5, 5.41) is 6.48. The summed E-state index contributed by atoms with van der Waals surface area (Å²) < 4.78 is 0. The fraction of sp³-hybridized carbons (Fsp3) is 0.562. The monoisotopic (exact) mass is 260 g/mol. The minimum absolute atomic E-state index is 0.0661. The summed E-state index contributed by atoms with van der Waals surface area (Å²) in [5.41, 5.74) is 2.19. The van der Waals surface area contributed by atoms with Gasteiger partial charge >= 0.3 is 0 Å². The van der Waals surface area contributed by atoms with Crippen LogP contribution in [0.15, 0.2) is 24.3 Å². The lowest BCUT2D eigenvalue weighted by Crippen LogP contribution is -2.43. The smallest absolute Gasteiger partial charge is 0.228 e. The third-order valence-electron chi connectivity index (χ3n) is 4.29. The van der Waals surface area contributed by atoms with Crippen molar-refractivity contribution in [1.29, 1.82) is 0 Å². The highest BCUT2D eigenvalue weighted by molar-refractivity contribution is 5.83. The Hall–Kier alpha value is -1.35. The summed E-state index contributed by atoms with van der Waals surface area (Å²) in [6, 6.07) is 8.39. The number of rotatable bonds is 4. The molecule has 1 unspecified atom stereocenters. The van der Waals surface area contributed by atoms with Gasteiger partial charge in [0.25, 0.3) is 0 Å². The molecule has 0 radical (unpaired) electrons. The predicted molar refractivity (Wildman–Crippen MR) is 77.9 cm³/mol. The fourth-order valence-electron chi connectivity index (χ4n) is 2.77. The van der Waals surface area contributed by atoms with Crippen LogP contribution in [-0.2, 0) is 4.79 Å². The van der Waals surface area contributed by atoms with Crippen LogP contribution in [0.4, 0.5) is 0 Å². The average molecular weight is 260 g/mol. The highest BCUT2D eigenvalue weighted by atomic mass is 16.2. The molecule has 0 saturated carbocycles. The summed E-state index contributed by atoms with van der Waals surface area (Å²) in [4.78, 5) is 12.5. The van der Waals surface area contributed by atoms with E-state index in [4.69, 9.17) is 0 Å². The minimum Gasteiger partial charge on any atom is -0.349 e. The Morgan fingerprint density at radius 2 is 2.32 bits per heavy atom. The van der Waals surface area contributed by atoms with Crippen LogP contribution >= 0.6 is 0 Å². The first-order chi connectivity index (χ1) is 9.07. The molecule has 2 N–H and O–H groups in total. The van der Waals surface area contributed by atoms with Crippen molar-refractivity contribution in [1.82, 2.24) is 10.6 Å². The Morgan fingerprint density at radius 1 is 1.53 bits per heavy atom. The van der Waals surface area contributed by atoms with E-state index in [9.17, 15) is 4.79 Å². The van der Waals surface area contributed by atoms with Crippen molar-refractivity contribution in [3.05, 3.63) is 35.4 Å². The van der Waals surface area contributed by atoms with Gasteiger partial charge in [-0.3, -0.25) is 4.79 Å². The summed E-state index contributed by atoms with van der Waals surface area (Å²) in [7, 11) is 0. The van der Waals surface area contributed by atoms with Crippen molar-refractivity contribution in [2.24, 2.45) is 5.41 Å². The zero-order valence-electron chi connectivity index (χ0n) is 12.1. The summed E-state index contributed by atoms with van der Waals surface area (Å²) in [6.45, 7) is 7.98. The van der Waals surface area contributed by atoms with Gasteiger partial charge in [-0.1, -0.05) is 36.8 Å². The first-order valence-electron chi connectivity index (χ1n) is 7.16. The largest absolute Gasteiger partial charge is 0.349 e. The van der Waals surface area contributed by atoms with Crippen molar-refractivity contribution < 1.29 is 4.79 Å². The van der Waals surface area contributed by atoms with Gasteiger partial charge < -0.3 is 10.6 Å². The third-order valence-corrected chi connectivity index (χ3v) is 4.29. The quantitative estimate of drug-likeness (QED) is 0.873. The molecule has 3 heteroatoms. The number of amides is 1. The van der Waals surface area contributed by atoms with Crippen LogP contribution in [0.1, 0.15) is 43.9 Å². The predicted octanol–water partition coefficient (Wildman–Crippen LogP) is 2.56. The van der Waals surface area contributed by atoms with Crippen molar-refractivity contribution in [3.63, 3.8) is 0 Å². The third kappa shape index (κ3) is 2.98. The second-order valence-corrected chi connectivity index (χ2v) is 5.67. The van der Waals surface area contributed by atoms with Crippen molar-refractivity contribution in [2.45, 2.75) is 39.7 Å². The first kappa shape index (κ1) is 14.1. The second kappa shape index (κ2) is 5.74. The molecule has 0 bridgehead atoms. The van der Waals surface area contributed by atoms with E-state index in [2.05, 4.69) is 49.6 Å². The number of hydrogen-bond acceptors (Lipinski definition) is 2. The maximum Gasteiger partial charge on any atom is 0.228 e. The standard InChI is InChI=1S/C16H24N2O/c1-4-16(8-9-17-11-16)15(19)18-13(3)14-7-5-6-12(2)10-14/h5-7,10,13,17H,4,8-9,11H2,1-3H3,(H,18,19)/t13-,16?/m0/s1. The van der Waals surface area contributed by atoms with Crippen LogP contribution < -0.4 is 10.6 Å². The lowest BCUT2D eigenvalue weighted by molar-refractivity contribution is -0.131. The molecule has 1 aliphatic heterocycles. The highest BCUT2D eigenvalue weighted by Crippen LogP contribution is 2.30. The van der Waals surface area contributed by atoms with Gasteiger partial charge in [0.1, 0.15) is 0 Å². The molecular formula is C16H24N2O. The fourth-order valence-corrected chi connectivity index (χ4v) is 2.77. The Bertz CT molecular complexity index is 450. The lowest BCUT2D eigenvalue weighted by Gasteiger charge is -2.27. The molecule has 1 heterocycles. The van der Waals surface area contributed by atoms with E-state index in [0.717, 1.165) is 25.9 Å². The van der Waals surface area contributed by atoms with E-state index in [0.29, 0.717) is 0 Å². The van der Waals surface area contributed by atoms with E-state index < -0.39 is 0 Å². The van der Waals surface area contributed by atoms with Gasteiger partial charge in [0.15, 0.2) is 0 Å². The number of hydrogen-bond donors (Lipinski definition) is 2.